The number of Topliss-reactive ketones (excluding diaryl/α,β-unsaturated/α-hetero) is 1. The van der Waals surface area contributed by atoms with E-state index >= 15 is 0 Å². The molecule has 0 radical (unpaired) electrons. The lowest BCUT2D eigenvalue weighted by molar-refractivity contribution is -0.117. The molecule has 0 aromatic heterocycles. The Hall–Kier alpha value is -1.89. The first kappa shape index (κ1) is 10.1. The van der Waals surface area contributed by atoms with Crippen LogP contribution in [-0.4, -0.2) is 5.78 Å². The molecule has 1 fully saturated rings. The van der Waals surface area contributed by atoms with Crippen molar-refractivity contribution in [3.05, 3.63) is 59.7 Å². The van der Waals surface area contributed by atoms with Crippen molar-refractivity contribution in [2.45, 2.75) is 24.7 Å². The summed E-state index contributed by atoms with van der Waals surface area (Å²) in [5.41, 5.74) is 5.38. The van der Waals surface area contributed by atoms with Crippen molar-refractivity contribution >= 4 is 5.78 Å². The molecule has 2 aliphatic carbocycles. The first-order chi connectivity index (χ1) is 8.84. The van der Waals surface area contributed by atoms with Crippen molar-refractivity contribution in [1.29, 1.82) is 0 Å². The lowest BCUT2D eigenvalue weighted by atomic mass is 9.73. The van der Waals surface area contributed by atoms with Gasteiger partial charge in [0, 0.05) is 12.8 Å². The Morgan fingerprint density at radius 1 is 0.722 bits per heavy atom. The molecule has 1 nitrogen and oxygen atoms in total. The quantitative estimate of drug-likeness (QED) is 0.675. The van der Waals surface area contributed by atoms with Gasteiger partial charge in [-0.3, -0.25) is 4.79 Å². The van der Waals surface area contributed by atoms with Crippen LogP contribution in [0.1, 0.15) is 35.8 Å². The van der Waals surface area contributed by atoms with E-state index in [1.165, 1.54) is 22.3 Å². The van der Waals surface area contributed by atoms with Gasteiger partial charge in [-0.2, -0.15) is 0 Å². The van der Waals surface area contributed by atoms with Crippen LogP contribution in [0.5, 0.6) is 0 Å². The summed E-state index contributed by atoms with van der Waals surface area (Å²) in [7, 11) is 0. The normalized spacial score (nSPS) is 24.3. The third-order valence-electron chi connectivity index (χ3n) is 4.39. The zero-order chi connectivity index (χ0) is 12.1. The van der Waals surface area contributed by atoms with Gasteiger partial charge in [0.2, 0.25) is 0 Å². The highest BCUT2D eigenvalue weighted by Crippen LogP contribution is 2.53. The molecule has 0 N–H and O–H groups in total. The molecule has 1 saturated carbocycles. The molecular formula is C17H14O. The van der Waals surface area contributed by atoms with Crippen molar-refractivity contribution in [3.8, 4) is 11.1 Å². The molecule has 1 heteroatoms. The Bertz CT molecular complexity index is 586. The number of carbonyl (C=O) groups is 1. The highest BCUT2D eigenvalue weighted by Gasteiger charge is 2.40. The van der Waals surface area contributed by atoms with E-state index in [4.69, 9.17) is 0 Å². The van der Waals surface area contributed by atoms with Gasteiger partial charge in [-0.05, 0) is 34.1 Å². The molecule has 1 unspecified atom stereocenters. The molecule has 4 rings (SSSR count). The van der Waals surface area contributed by atoms with E-state index < -0.39 is 0 Å². The fraction of sp³-hybridized carbons (Fsp3) is 0.235. The molecular weight excluding hydrogens is 220 g/mol. The molecule has 2 atom stereocenters. The van der Waals surface area contributed by atoms with Crippen LogP contribution in [0.4, 0.5) is 0 Å². The fourth-order valence-corrected chi connectivity index (χ4v) is 3.64. The van der Waals surface area contributed by atoms with Crippen LogP contribution in [-0.2, 0) is 4.79 Å². The van der Waals surface area contributed by atoms with Gasteiger partial charge in [0.15, 0.2) is 0 Å². The van der Waals surface area contributed by atoms with Gasteiger partial charge < -0.3 is 0 Å². The van der Waals surface area contributed by atoms with Gasteiger partial charge in [0.1, 0.15) is 5.78 Å². The second-order valence-corrected chi connectivity index (χ2v) is 5.33. The monoisotopic (exact) mass is 234 g/mol. The average Bonchev–Trinajstić information content (AvgIpc) is 2.81. The summed E-state index contributed by atoms with van der Waals surface area (Å²) in [5.74, 6) is 1.23. The maximum absolute atomic E-state index is 11.8. The topological polar surface area (TPSA) is 17.1 Å². The number of rotatable bonds is 0. The number of ketones is 1. The lowest BCUT2D eigenvalue weighted by Gasteiger charge is -2.30. The Kier molecular flexibility index (Phi) is 1.99. The molecule has 0 spiro atoms. The molecule has 0 saturated heterocycles. The number of hydrogen-bond acceptors (Lipinski definition) is 1. The van der Waals surface area contributed by atoms with E-state index in [9.17, 15) is 4.79 Å². The van der Waals surface area contributed by atoms with Crippen LogP contribution in [0.2, 0.25) is 0 Å². The third-order valence-corrected chi connectivity index (χ3v) is 4.39. The fourth-order valence-electron chi connectivity index (χ4n) is 3.64. The Balaban J connectivity index is 2.03. The standard InChI is InChI=1S/C17H14O/c18-11-9-16-14-7-3-1-5-12(14)13-6-2-4-8-15(13)17(16)10-11/h1-8,16-17H,9-10H2/t16-,17?/m0/s1. The largest absolute Gasteiger partial charge is 0.300 e. The van der Waals surface area contributed by atoms with Crippen molar-refractivity contribution < 1.29 is 4.79 Å². The summed E-state index contributed by atoms with van der Waals surface area (Å²) in [4.78, 5) is 11.8. The highest BCUT2D eigenvalue weighted by atomic mass is 16.1. The average molecular weight is 234 g/mol. The van der Waals surface area contributed by atoms with Gasteiger partial charge >= 0.3 is 0 Å². The second kappa shape index (κ2) is 3.55. The molecule has 0 heterocycles. The molecule has 88 valence electrons. The number of fused-ring (bicyclic) bond motifs is 6. The van der Waals surface area contributed by atoms with E-state index in [0.717, 1.165) is 12.8 Å². The minimum absolute atomic E-state index is 0.406. The van der Waals surface area contributed by atoms with E-state index in [-0.39, 0.29) is 0 Å². The molecule has 18 heavy (non-hydrogen) atoms. The Labute approximate surface area is 106 Å². The predicted octanol–water partition coefficient (Wildman–Crippen LogP) is 3.90. The summed E-state index contributed by atoms with van der Waals surface area (Å²) in [5, 5.41) is 0. The SMILES string of the molecule is O=C1CC2c3ccccc3-c3ccccc3[C@@H]2C1. The van der Waals surface area contributed by atoms with E-state index in [1.54, 1.807) is 0 Å². The van der Waals surface area contributed by atoms with Gasteiger partial charge in [0.05, 0.1) is 0 Å². The third kappa shape index (κ3) is 1.25. The van der Waals surface area contributed by atoms with Crippen molar-refractivity contribution in [2.24, 2.45) is 0 Å². The zero-order valence-corrected chi connectivity index (χ0v) is 10.1. The van der Waals surface area contributed by atoms with Crippen LogP contribution < -0.4 is 0 Å². The maximum Gasteiger partial charge on any atom is 0.134 e. The van der Waals surface area contributed by atoms with E-state index in [1.807, 2.05) is 0 Å². The Morgan fingerprint density at radius 3 is 1.67 bits per heavy atom. The summed E-state index contributed by atoms with van der Waals surface area (Å²) < 4.78 is 0. The molecule has 0 aliphatic heterocycles. The summed E-state index contributed by atoms with van der Waals surface area (Å²) in [6.07, 6.45) is 1.44. The number of hydrogen-bond donors (Lipinski definition) is 0. The van der Waals surface area contributed by atoms with Gasteiger partial charge in [-0.25, -0.2) is 0 Å². The maximum atomic E-state index is 11.8. The van der Waals surface area contributed by atoms with Crippen LogP contribution in [0, 0.1) is 0 Å². The smallest absolute Gasteiger partial charge is 0.134 e. The molecule has 2 aromatic rings. The number of benzene rings is 2. The predicted molar refractivity (Wildman–Crippen MR) is 71.6 cm³/mol. The number of carbonyl (C=O) groups excluding carboxylic acids is 1. The first-order valence-corrected chi connectivity index (χ1v) is 6.54. The zero-order valence-electron chi connectivity index (χ0n) is 10.1. The van der Waals surface area contributed by atoms with Crippen molar-refractivity contribution in [1.82, 2.24) is 0 Å². The molecule has 2 aliphatic rings. The van der Waals surface area contributed by atoms with E-state index in [2.05, 4.69) is 48.5 Å². The summed E-state index contributed by atoms with van der Waals surface area (Å²) in [6, 6.07) is 17.1. The summed E-state index contributed by atoms with van der Waals surface area (Å²) >= 11 is 0. The minimum atomic E-state index is 0.406. The van der Waals surface area contributed by atoms with Crippen molar-refractivity contribution in [3.63, 3.8) is 0 Å². The first-order valence-electron chi connectivity index (χ1n) is 6.54. The Morgan fingerprint density at radius 2 is 1.17 bits per heavy atom. The minimum Gasteiger partial charge on any atom is -0.300 e. The van der Waals surface area contributed by atoms with Crippen molar-refractivity contribution in [2.75, 3.05) is 0 Å². The highest BCUT2D eigenvalue weighted by molar-refractivity contribution is 5.87. The molecule has 0 amide bonds. The molecule has 2 aromatic carbocycles. The van der Waals surface area contributed by atoms with Gasteiger partial charge in [0.25, 0.3) is 0 Å². The van der Waals surface area contributed by atoms with Gasteiger partial charge in [-0.1, -0.05) is 48.5 Å². The molecule has 0 bridgehead atoms. The summed E-state index contributed by atoms with van der Waals surface area (Å²) in [6.45, 7) is 0. The lowest BCUT2D eigenvalue weighted by Crippen LogP contribution is -2.12. The van der Waals surface area contributed by atoms with Crippen LogP contribution in [0.15, 0.2) is 48.5 Å². The van der Waals surface area contributed by atoms with Crippen LogP contribution in [0.25, 0.3) is 11.1 Å². The second-order valence-electron chi connectivity index (χ2n) is 5.33. The van der Waals surface area contributed by atoms with E-state index in [0.29, 0.717) is 17.6 Å². The van der Waals surface area contributed by atoms with Crippen LogP contribution in [0.3, 0.4) is 0 Å². The van der Waals surface area contributed by atoms with Crippen LogP contribution >= 0.6 is 0 Å². The van der Waals surface area contributed by atoms with Gasteiger partial charge in [-0.15, -0.1) is 0 Å².